The van der Waals surface area contributed by atoms with Gasteiger partial charge in [-0.25, -0.2) is 0 Å². The zero-order valence-corrected chi connectivity index (χ0v) is 5.35. The molecule has 0 spiro atoms. The largest absolute Gasteiger partial charge is 0.493 e. The topological polar surface area (TPSA) is 9.23 Å². The van der Waals surface area contributed by atoms with Gasteiger partial charge in [-0.1, -0.05) is 12.1 Å². The first-order chi connectivity index (χ1) is 4.42. The van der Waals surface area contributed by atoms with Gasteiger partial charge in [0.1, 0.15) is 5.75 Å². The van der Waals surface area contributed by atoms with Crippen LogP contribution in [0.1, 0.15) is 6.92 Å². The van der Waals surface area contributed by atoms with Gasteiger partial charge in [-0.15, -0.1) is 0 Å². The number of benzene rings is 1. The highest BCUT2D eigenvalue weighted by Gasteiger charge is 2.04. The molecule has 0 radical (unpaired) electrons. The van der Waals surface area contributed by atoms with E-state index in [-0.39, 0.29) is 0 Å². The maximum absolute atomic E-state index is 5.26. The van der Waals surface area contributed by atoms with Crippen molar-refractivity contribution < 1.29 is 4.74 Å². The van der Waals surface area contributed by atoms with Crippen molar-refractivity contribution in [1.82, 2.24) is 0 Å². The fourth-order valence-corrected chi connectivity index (χ4v) is 1.03. The second-order valence-corrected chi connectivity index (χ2v) is 2.14. The Morgan fingerprint density at radius 2 is 2.33 bits per heavy atom. The quantitative estimate of drug-likeness (QED) is 0.586. The van der Waals surface area contributed by atoms with Crippen LogP contribution in [0.25, 0.3) is 0 Å². The van der Waals surface area contributed by atoms with Crippen LogP contribution in [-0.4, -0.2) is 6.61 Å². The van der Waals surface area contributed by atoms with Crippen LogP contribution in [-0.2, 0) is 0 Å². The van der Waals surface area contributed by atoms with E-state index in [1.165, 1.54) is 10.4 Å². The summed E-state index contributed by atoms with van der Waals surface area (Å²) in [4.78, 5) is 0. The highest BCUT2D eigenvalue weighted by Crippen LogP contribution is 2.23. The van der Waals surface area contributed by atoms with E-state index in [1.807, 2.05) is 6.92 Å². The van der Waals surface area contributed by atoms with Crippen LogP contribution in [0.5, 0.6) is 5.75 Å². The fraction of sp³-hybridized carbons (Fsp3) is 0.250. The SMILES string of the molecule is CCOc1cc2ccc1=2. The first-order valence-electron chi connectivity index (χ1n) is 3.19. The molecule has 1 heteroatoms. The monoisotopic (exact) mass is 120 g/mol. The Kier molecular flexibility index (Phi) is 0.810. The predicted octanol–water partition coefficient (Wildman–Crippen LogP) is 1.69. The molecule has 46 valence electrons. The van der Waals surface area contributed by atoms with E-state index in [0.29, 0.717) is 0 Å². The molecule has 2 rings (SSSR count). The van der Waals surface area contributed by atoms with Crippen LogP contribution in [0.4, 0.5) is 0 Å². The van der Waals surface area contributed by atoms with Gasteiger partial charge >= 0.3 is 0 Å². The van der Waals surface area contributed by atoms with Gasteiger partial charge in [0.2, 0.25) is 0 Å². The van der Waals surface area contributed by atoms with Gasteiger partial charge in [-0.3, -0.25) is 0 Å². The van der Waals surface area contributed by atoms with Crippen LogP contribution in [0.15, 0.2) is 18.2 Å². The van der Waals surface area contributed by atoms with Crippen LogP contribution in [0.2, 0.25) is 0 Å². The normalized spacial score (nSPS) is 11.2. The van der Waals surface area contributed by atoms with Crippen LogP contribution in [0, 0.1) is 10.4 Å². The average molecular weight is 120 g/mol. The third-order valence-corrected chi connectivity index (χ3v) is 1.59. The summed E-state index contributed by atoms with van der Waals surface area (Å²) in [6.07, 6.45) is 0. The molecule has 0 saturated heterocycles. The van der Waals surface area contributed by atoms with Crippen LogP contribution >= 0.6 is 0 Å². The van der Waals surface area contributed by atoms with Crippen molar-refractivity contribution in [2.75, 3.05) is 6.61 Å². The smallest absolute Gasteiger partial charge is 0.127 e. The summed E-state index contributed by atoms with van der Waals surface area (Å²) >= 11 is 0. The fourth-order valence-electron chi connectivity index (χ4n) is 1.03. The molecule has 0 amide bonds. The molecular formula is C8H8O. The van der Waals surface area contributed by atoms with E-state index in [2.05, 4.69) is 18.2 Å². The molecule has 9 heavy (non-hydrogen) atoms. The molecule has 0 aliphatic heterocycles. The third kappa shape index (κ3) is 0.489. The Bertz CT molecular complexity index is 314. The lowest BCUT2D eigenvalue weighted by Gasteiger charge is -2.10. The molecule has 0 saturated carbocycles. The summed E-state index contributed by atoms with van der Waals surface area (Å²) in [5.41, 5.74) is 0. The minimum atomic E-state index is 0.774. The molecular weight excluding hydrogens is 112 g/mol. The summed E-state index contributed by atoms with van der Waals surface area (Å²) in [5, 5.41) is 2.65. The lowest BCUT2D eigenvalue weighted by Crippen LogP contribution is -1.97. The van der Waals surface area contributed by atoms with Gasteiger partial charge in [0.15, 0.2) is 0 Å². The minimum Gasteiger partial charge on any atom is -0.493 e. The number of hydrogen-bond donors (Lipinski definition) is 0. The van der Waals surface area contributed by atoms with Crippen molar-refractivity contribution >= 4 is 0 Å². The Morgan fingerprint density at radius 1 is 1.44 bits per heavy atom. The van der Waals surface area contributed by atoms with E-state index in [9.17, 15) is 0 Å². The summed E-state index contributed by atoms with van der Waals surface area (Å²) in [7, 11) is 0. The van der Waals surface area contributed by atoms with E-state index >= 15 is 0 Å². The molecule has 0 unspecified atom stereocenters. The van der Waals surface area contributed by atoms with Crippen molar-refractivity contribution in [2.24, 2.45) is 0 Å². The van der Waals surface area contributed by atoms with Crippen molar-refractivity contribution in [3.63, 3.8) is 0 Å². The van der Waals surface area contributed by atoms with Gasteiger partial charge in [0.05, 0.1) is 6.61 Å². The standard InChI is InChI=1S/C8H8O/c1-2-9-8-5-6-3-4-7(6)8/h3-5H,2H2,1H3. The molecule has 0 heterocycles. The molecule has 1 nitrogen and oxygen atoms in total. The molecule has 0 aromatic carbocycles. The molecule has 0 fully saturated rings. The first kappa shape index (κ1) is 4.86. The maximum atomic E-state index is 5.26. The van der Waals surface area contributed by atoms with Gasteiger partial charge in [0.25, 0.3) is 0 Å². The van der Waals surface area contributed by atoms with Gasteiger partial charge < -0.3 is 4.74 Å². The molecule has 0 N–H and O–H groups in total. The van der Waals surface area contributed by atoms with E-state index in [1.54, 1.807) is 0 Å². The second kappa shape index (κ2) is 1.50. The zero-order chi connectivity index (χ0) is 6.27. The Morgan fingerprint density at radius 3 is 2.67 bits per heavy atom. The summed E-state index contributed by atoms with van der Waals surface area (Å²) in [6.45, 7) is 2.78. The molecule has 0 aromatic heterocycles. The molecule has 2 aliphatic rings. The van der Waals surface area contributed by atoms with Crippen LogP contribution in [0.3, 0.4) is 0 Å². The lowest BCUT2D eigenvalue weighted by molar-refractivity contribution is 0.334. The highest BCUT2D eigenvalue weighted by molar-refractivity contribution is 5.38. The summed E-state index contributed by atoms with van der Waals surface area (Å²) < 4.78 is 5.26. The second-order valence-electron chi connectivity index (χ2n) is 2.14. The predicted molar refractivity (Wildman–Crippen MR) is 35.3 cm³/mol. The highest BCUT2D eigenvalue weighted by atomic mass is 16.5. The summed E-state index contributed by atoms with van der Waals surface area (Å²) in [5.74, 6) is 1.06. The first-order valence-corrected chi connectivity index (χ1v) is 3.19. The minimum absolute atomic E-state index is 0.774. The van der Waals surface area contributed by atoms with Crippen molar-refractivity contribution in [2.45, 2.75) is 6.92 Å². The maximum Gasteiger partial charge on any atom is 0.127 e. The number of hydrogen-bond acceptors (Lipinski definition) is 1. The summed E-state index contributed by atoms with van der Waals surface area (Å²) in [6, 6.07) is 6.25. The van der Waals surface area contributed by atoms with E-state index in [0.717, 1.165) is 12.4 Å². The molecule has 2 aliphatic carbocycles. The van der Waals surface area contributed by atoms with E-state index in [4.69, 9.17) is 4.74 Å². The number of rotatable bonds is 2. The van der Waals surface area contributed by atoms with E-state index < -0.39 is 0 Å². The molecule has 0 atom stereocenters. The van der Waals surface area contributed by atoms with Gasteiger partial charge in [-0.05, 0) is 18.2 Å². The Balaban J connectivity index is 2.31. The Labute approximate surface area is 53.6 Å². The van der Waals surface area contributed by atoms with Crippen molar-refractivity contribution in [1.29, 1.82) is 0 Å². The average Bonchev–Trinajstić information content (AvgIpc) is 1.82. The van der Waals surface area contributed by atoms with Gasteiger partial charge in [0, 0.05) is 5.22 Å². The zero-order valence-electron chi connectivity index (χ0n) is 5.35. The van der Waals surface area contributed by atoms with Crippen LogP contribution < -0.4 is 4.74 Å². The molecule has 0 aromatic rings. The van der Waals surface area contributed by atoms with Gasteiger partial charge in [-0.2, -0.15) is 0 Å². The third-order valence-electron chi connectivity index (χ3n) is 1.59. The van der Waals surface area contributed by atoms with Crippen molar-refractivity contribution in [3.05, 3.63) is 28.6 Å². The van der Waals surface area contributed by atoms with Crippen molar-refractivity contribution in [3.8, 4) is 5.75 Å². The lowest BCUT2D eigenvalue weighted by atomic mass is 10.1. The molecule has 0 bridgehead atoms. The number of ether oxygens (including phenoxy) is 1. The Hall–Kier alpha value is -0.980.